The predicted octanol–water partition coefficient (Wildman–Crippen LogP) is 3.94. The molecule has 0 spiro atoms. The molecule has 0 aliphatic heterocycles. The number of carbonyl (C=O) groups excluding carboxylic acids is 1. The van der Waals surface area contributed by atoms with Crippen LogP contribution in [0, 0.1) is 0 Å². The first-order valence-electron chi connectivity index (χ1n) is 8.08. The maximum Gasteiger partial charge on any atom is 0.230 e. The Labute approximate surface area is 171 Å². The van der Waals surface area contributed by atoms with Crippen LogP contribution in [-0.2, 0) is 4.79 Å². The van der Waals surface area contributed by atoms with Gasteiger partial charge in [0.2, 0.25) is 11.1 Å². The number of carbonyl (C=O) groups is 1. The summed E-state index contributed by atoms with van der Waals surface area (Å²) >= 11 is 13.1. The van der Waals surface area contributed by atoms with E-state index in [0.29, 0.717) is 21.0 Å². The highest BCUT2D eigenvalue weighted by atomic mass is 35.5. The maximum atomic E-state index is 12.2. The monoisotopic (exact) mass is 421 g/mol. The third-order valence-corrected chi connectivity index (χ3v) is 5.26. The number of hydrogen-bond acceptors (Lipinski definition) is 5. The first kappa shape index (κ1) is 19.5. The third kappa shape index (κ3) is 4.94. The highest BCUT2D eigenvalue weighted by molar-refractivity contribution is 7.99. The van der Waals surface area contributed by atoms with Gasteiger partial charge in [0.1, 0.15) is 0 Å². The van der Waals surface area contributed by atoms with E-state index in [0.717, 1.165) is 11.1 Å². The lowest BCUT2D eigenvalue weighted by Crippen LogP contribution is -2.28. The van der Waals surface area contributed by atoms with Crippen LogP contribution in [0.1, 0.15) is 18.5 Å². The Bertz CT molecular complexity index is 945. The Morgan fingerprint density at radius 1 is 1.19 bits per heavy atom. The van der Waals surface area contributed by atoms with Gasteiger partial charge in [-0.15, -0.1) is 10.2 Å². The molecule has 1 heterocycles. The summed E-state index contributed by atoms with van der Waals surface area (Å²) in [7, 11) is 0. The Balaban J connectivity index is 1.60. The van der Waals surface area contributed by atoms with Gasteiger partial charge >= 0.3 is 0 Å². The number of benzene rings is 2. The van der Waals surface area contributed by atoms with E-state index in [9.17, 15) is 4.79 Å². The summed E-state index contributed by atoms with van der Waals surface area (Å²) in [4.78, 5) is 12.2. The van der Waals surface area contributed by atoms with Gasteiger partial charge < -0.3 is 11.2 Å². The first-order valence-corrected chi connectivity index (χ1v) is 9.82. The molecule has 27 heavy (non-hydrogen) atoms. The minimum Gasteiger partial charge on any atom is -0.349 e. The van der Waals surface area contributed by atoms with E-state index in [1.807, 2.05) is 37.3 Å². The highest BCUT2D eigenvalue weighted by Crippen LogP contribution is 2.23. The van der Waals surface area contributed by atoms with Gasteiger partial charge in [-0.3, -0.25) is 4.79 Å². The van der Waals surface area contributed by atoms with Crippen LogP contribution in [0.15, 0.2) is 53.7 Å². The summed E-state index contributed by atoms with van der Waals surface area (Å²) in [6.07, 6.45) is 0. The minimum atomic E-state index is -0.155. The molecule has 0 fully saturated rings. The number of hydrogen-bond donors (Lipinski definition) is 2. The van der Waals surface area contributed by atoms with Gasteiger partial charge in [0, 0.05) is 15.6 Å². The number of rotatable bonds is 6. The normalized spacial score (nSPS) is 12.0. The van der Waals surface area contributed by atoms with Crippen molar-refractivity contribution in [3.05, 3.63) is 64.1 Å². The number of nitrogen functional groups attached to an aromatic ring is 1. The average Bonchev–Trinajstić information content (AvgIpc) is 3.01. The molecule has 3 N–H and O–H groups in total. The maximum absolute atomic E-state index is 12.2. The number of nitrogens with one attached hydrogen (secondary N) is 1. The van der Waals surface area contributed by atoms with Gasteiger partial charge in [-0.25, -0.2) is 4.68 Å². The van der Waals surface area contributed by atoms with Crippen molar-refractivity contribution in [1.29, 1.82) is 0 Å². The Kier molecular flexibility index (Phi) is 6.26. The van der Waals surface area contributed by atoms with Gasteiger partial charge in [-0.05, 0) is 48.9 Å². The van der Waals surface area contributed by atoms with Crippen LogP contribution in [0.25, 0.3) is 11.4 Å². The zero-order chi connectivity index (χ0) is 19.4. The van der Waals surface area contributed by atoms with E-state index in [1.54, 1.807) is 18.2 Å². The second-order valence-electron chi connectivity index (χ2n) is 5.82. The van der Waals surface area contributed by atoms with Gasteiger partial charge in [-0.1, -0.05) is 47.1 Å². The third-order valence-electron chi connectivity index (χ3n) is 3.83. The van der Waals surface area contributed by atoms with Gasteiger partial charge in [0.25, 0.3) is 0 Å². The number of thioether (sulfide) groups is 1. The molecule has 140 valence electrons. The molecule has 1 amide bonds. The van der Waals surface area contributed by atoms with Crippen molar-refractivity contribution in [2.24, 2.45) is 0 Å². The molecular weight excluding hydrogens is 405 g/mol. The van der Waals surface area contributed by atoms with Crippen LogP contribution >= 0.6 is 35.0 Å². The SMILES string of the molecule is CC(NC(=O)CSc1nnc(-c2ccc(Cl)cc2)n1N)c1cccc(Cl)c1. The molecule has 0 aliphatic carbocycles. The lowest BCUT2D eigenvalue weighted by molar-refractivity contribution is -0.119. The van der Waals surface area contributed by atoms with Gasteiger partial charge in [-0.2, -0.15) is 0 Å². The summed E-state index contributed by atoms with van der Waals surface area (Å²) < 4.78 is 1.36. The molecule has 1 atom stereocenters. The number of nitrogens with two attached hydrogens (primary N) is 1. The van der Waals surface area contributed by atoms with Crippen molar-refractivity contribution in [1.82, 2.24) is 20.2 Å². The average molecular weight is 422 g/mol. The molecule has 0 radical (unpaired) electrons. The molecule has 0 bridgehead atoms. The molecule has 3 rings (SSSR count). The topological polar surface area (TPSA) is 85.8 Å². The molecule has 1 unspecified atom stereocenters. The fourth-order valence-corrected chi connectivity index (χ4v) is 3.44. The van der Waals surface area contributed by atoms with Crippen LogP contribution in [0.4, 0.5) is 0 Å². The van der Waals surface area contributed by atoms with Gasteiger partial charge in [0.15, 0.2) is 5.82 Å². The lowest BCUT2D eigenvalue weighted by atomic mass is 10.1. The fraction of sp³-hybridized carbons (Fsp3) is 0.167. The Hall–Kier alpha value is -2.22. The molecule has 2 aromatic carbocycles. The smallest absolute Gasteiger partial charge is 0.230 e. The summed E-state index contributed by atoms with van der Waals surface area (Å²) in [6.45, 7) is 1.90. The number of amides is 1. The van der Waals surface area contributed by atoms with Crippen molar-refractivity contribution in [3.63, 3.8) is 0 Å². The van der Waals surface area contributed by atoms with Crippen molar-refractivity contribution in [3.8, 4) is 11.4 Å². The molecule has 9 heteroatoms. The molecule has 6 nitrogen and oxygen atoms in total. The summed E-state index contributed by atoms with van der Waals surface area (Å²) in [6, 6.07) is 14.4. The highest BCUT2D eigenvalue weighted by Gasteiger charge is 2.15. The fourth-order valence-electron chi connectivity index (χ4n) is 2.44. The first-order chi connectivity index (χ1) is 12.9. The number of aromatic nitrogens is 3. The molecule has 0 saturated heterocycles. The van der Waals surface area contributed by atoms with Crippen molar-refractivity contribution in [2.45, 2.75) is 18.1 Å². The van der Waals surface area contributed by atoms with Gasteiger partial charge in [0.05, 0.1) is 11.8 Å². The zero-order valence-electron chi connectivity index (χ0n) is 14.4. The minimum absolute atomic E-state index is 0.136. The molecule has 1 aromatic heterocycles. The molecule has 0 saturated carbocycles. The Morgan fingerprint density at radius 3 is 2.63 bits per heavy atom. The van der Waals surface area contributed by atoms with Crippen molar-refractivity contribution < 1.29 is 4.79 Å². The van der Waals surface area contributed by atoms with Crippen LogP contribution in [0.2, 0.25) is 10.0 Å². The second kappa shape index (κ2) is 8.65. The quantitative estimate of drug-likeness (QED) is 0.464. The van der Waals surface area contributed by atoms with E-state index in [2.05, 4.69) is 15.5 Å². The van der Waals surface area contributed by atoms with Crippen molar-refractivity contribution in [2.75, 3.05) is 11.6 Å². The standard InChI is InChI=1S/C18H17Cl2N5OS/c1-11(13-3-2-4-15(20)9-13)22-16(26)10-27-18-24-23-17(25(18)21)12-5-7-14(19)8-6-12/h2-9,11H,10,21H2,1H3,(H,22,26). The number of halogens is 2. The summed E-state index contributed by atoms with van der Waals surface area (Å²) in [5, 5.41) is 12.8. The zero-order valence-corrected chi connectivity index (χ0v) is 16.7. The van der Waals surface area contributed by atoms with E-state index in [4.69, 9.17) is 29.0 Å². The van der Waals surface area contributed by atoms with E-state index in [-0.39, 0.29) is 17.7 Å². The summed E-state index contributed by atoms with van der Waals surface area (Å²) in [5.74, 6) is 6.59. The molecule has 3 aromatic rings. The summed E-state index contributed by atoms with van der Waals surface area (Å²) in [5.41, 5.74) is 1.73. The lowest BCUT2D eigenvalue weighted by Gasteiger charge is -2.14. The second-order valence-corrected chi connectivity index (χ2v) is 7.63. The molecule has 0 aliphatic rings. The van der Waals surface area contributed by atoms with E-state index in [1.165, 1.54) is 16.4 Å². The van der Waals surface area contributed by atoms with Crippen LogP contribution in [0.3, 0.4) is 0 Å². The number of nitrogens with zero attached hydrogens (tertiary/aromatic N) is 3. The predicted molar refractivity (Wildman–Crippen MR) is 109 cm³/mol. The van der Waals surface area contributed by atoms with E-state index >= 15 is 0 Å². The van der Waals surface area contributed by atoms with Crippen LogP contribution in [-0.4, -0.2) is 26.5 Å². The Morgan fingerprint density at radius 2 is 1.93 bits per heavy atom. The van der Waals surface area contributed by atoms with Crippen LogP contribution in [0.5, 0.6) is 0 Å². The largest absolute Gasteiger partial charge is 0.349 e. The van der Waals surface area contributed by atoms with Crippen LogP contribution < -0.4 is 11.2 Å². The van der Waals surface area contributed by atoms with Crippen molar-refractivity contribution >= 4 is 40.9 Å². The van der Waals surface area contributed by atoms with E-state index < -0.39 is 0 Å². The molecular formula is C18H17Cl2N5OS.